The number of nitrogens with zero attached hydrogens (tertiary/aromatic N) is 1. The highest BCUT2D eigenvalue weighted by atomic mass is 16.2. The van der Waals surface area contributed by atoms with Crippen LogP contribution in [0.25, 0.3) is 6.08 Å². The molecule has 0 saturated carbocycles. The van der Waals surface area contributed by atoms with Gasteiger partial charge in [0, 0.05) is 19.2 Å². The Kier molecular flexibility index (Phi) is 4.15. The Balaban J connectivity index is 1.95. The van der Waals surface area contributed by atoms with Gasteiger partial charge in [-0.3, -0.25) is 4.79 Å². The number of hydrogen-bond donors (Lipinski definition) is 1. The summed E-state index contributed by atoms with van der Waals surface area (Å²) in [6, 6.07) is 8.12. The van der Waals surface area contributed by atoms with E-state index in [1.807, 2.05) is 36.1 Å². The summed E-state index contributed by atoms with van der Waals surface area (Å²) in [6.07, 6.45) is 4.57. The van der Waals surface area contributed by atoms with Crippen LogP contribution in [0.5, 0.6) is 0 Å². The molecule has 1 heterocycles. The van der Waals surface area contributed by atoms with Gasteiger partial charge in [0.2, 0.25) is 5.91 Å². The second-order valence-electron chi connectivity index (χ2n) is 4.92. The molecule has 0 spiro atoms. The normalized spacial score (nSPS) is 19.7. The molecule has 2 N–H and O–H groups in total. The van der Waals surface area contributed by atoms with Crippen molar-refractivity contribution in [3.63, 3.8) is 0 Å². The number of carbonyl (C=O) groups excluding carboxylic acids is 1. The fourth-order valence-electron chi connectivity index (χ4n) is 2.27. The van der Waals surface area contributed by atoms with E-state index in [0.717, 1.165) is 25.1 Å². The third kappa shape index (κ3) is 3.20. The second-order valence-corrected chi connectivity index (χ2v) is 4.92. The van der Waals surface area contributed by atoms with Crippen molar-refractivity contribution >= 4 is 12.0 Å². The summed E-state index contributed by atoms with van der Waals surface area (Å²) in [5, 5.41) is 0. The van der Waals surface area contributed by atoms with Crippen LogP contribution < -0.4 is 5.73 Å². The van der Waals surface area contributed by atoms with E-state index in [1.165, 1.54) is 5.56 Å². The Bertz CT molecular complexity index is 454. The summed E-state index contributed by atoms with van der Waals surface area (Å²) in [6.45, 7) is 4.35. The van der Waals surface area contributed by atoms with E-state index < -0.39 is 0 Å². The van der Waals surface area contributed by atoms with Crippen LogP contribution in [0.1, 0.15) is 17.5 Å². The summed E-state index contributed by atoms with van der Waals surface area (Å²) in [5.74, 6) is 0.564. The van der Waals surface area contributed by atoms with Crippen LogP contribution in [0.2, 0.25) is 0 Å². The standard InChI is InChI=1S/C15H20N2O/c1-12-3-2-4-13(9-12)5-6-15(18)17-8-7-14(10-16)11-17/h2-6,9,14H,7-8,10-11,16H2,1H3. The first kappa shape index (κ1) is 12.8. The van der Waals surface area contributed by atoms with E-state index in [2.05, 4.69) is 6.07 Å². The third-order valence-electron chi connectivity index (χ3n) is 3.39. The Labute approximate surface area is 108 Å². The molecule has 18 heavy (non-hydrogen) atoms. The quantitative estimate of drug-likeness (QED) is 0.824. The minimum Gasteiger partial charge on any atom is -0.339 e. The van der Waals surface area contributed by atoms with Gasteiger partial charge in [-0.05, 0) is 37.4 Å². The van der Waals surface area contributed by atoms with Gasteiger partial charge in [0.05, 0.1) is 0 Å². The summed E-state index contributed by atoms with van der Waals surface area (Å²) in [7, 11) is 0. The Morgan fingerprint density at radius 2 is 2.39 bits per heavy atom. The molecule has 2 rings (SSSR count). The molecule has 96 valence electrons. The fourth-order valence-corrected chi connectivity index (χ4v) is 2.27. The van der Waals surface area contributed by atoms with Gasteiger partial charge in [0.25, 0.3) is 0 Å². The molecule has 1 aromatic rings. The molecule has 1 amide bonds. The van der Waals surface area contributed by atoms with Crippen LogP contribution in [0.15, 0.2) is 30.3 Å². The molecule has 3 nitrogen and oxygen atoms in total. The van der Waals surface area contributed by atoms with Crippen molar-refractivity contribution in [3.05, 3.63) is 41.5 Å². The van der Waals surface area contributed by atoms with Crippen molar-refractivity contribution in [3.8, 4) is 0 Å². The van der Waals surface area contributed by atoms with Gasteiger partial charge in [0.15, 0.2) is 0 Å². The topological polar surface area (TPSA) is 46.3 Å². The maximum Gasteiger partial charge on any atom is 0.246 e. The first-order valence-electron chi connectivity index (χ1n) is 6.43. The van der Waals surface area contributed by atoms with Gasteiger partial charge < -0.3 is 10.6 Å². The lowest BCUT2D eigenvalue weighted by Gasteiger charge is -2.13. The van der Waals surface area contributed by atoms with Crippen LogP contribution >= 0.6 is 0 Å². The molecule has 1 saturated heterocycles. The van der Waals surface area contributed by atoms with Gasteiger partial charge in [0.1, 0.15) is 0 Å². The average molecular weight is 244 g/mol. The third-order valence-corrected chi connectivity index (χ3v) is 3.39. The summed E-state index contributed by atoms with van der Waals surface area (Å²) in [5.41, 5.74) is 7.89. The number of amides is 1. The molecule has 1 unspecified atom stereocenters. The number of aryl methyl sites for hydroxylation is 1. The number of carbonyl (C=O) groups is 1. The molecule has 0 aliphatic carbocycles. The van der Waals surface area contributed by atoms with Crippen LogP contribution in [0.4, 0.5) is 0 Å². The molecular weight excluding hydrogens is 224 g/mol. The monoisotopic (exact) mass is 244 g/mol. The number of likely N-dealkylation sites (tertiary alicyclic amines) is 1. The largest absolute Gasteiger partial charge is 0.339 e. The smallest absolute Gasteiger partial charge is 0.246 e. The molecule has 1 aliphatic rings. The van der Waals surface area contributed by atoms with Crippen molar-refractivity contribution in [1.82, 2.24) is 4.90 Å². The molecule has 0 aromatic heterocycles. The summed E-state index contributed by atoms with van der Waals surface area (Å²) in [4.78, 5) is 13.8. The van der Waals surface area contributed by atoms with Gasteiger partial charge in [-0.25, -0.2) is 0 Å². The molecule has 1 aromatic carbocycles. The van der Waals surface area contributed by atoms with Crippen LogP contribution in [0, 0.1) is 12.8 Å². The number of hydrogen-bond acceptors (Lipinski definition) is 2. The van der Waals surface area contributed by atoms with Gasteiger partial charge >= 0.3 is 0 Å². The molecular formula is C15H20N2O. The highest BCUT2D eigenvalue weighted by Crippen LogP contribution is 2.15. The highest BCUT2D eigenvalue weighted by Gasteiger charge is 2.23. The van der Waals surface area contributed by atoms with Crippen molar-refractivity contribution in [1.29, 1.82) is 0 Å². The van der Waals surface area contributed by atoms with Crippen LogP contribution in [-0.2, 0) is 4.79 Å². The van der Waals surface area contributed by atoms with Crippen molar-refractivity contribution in [2.24, 2.45) is 11.7 Å². The highest BCUT2D eigenvalue weighted by molar-refractivity contribution is 5.91. The van der Waals surface area contributed by atoms with E-state index in [4.69, 9.17) is 5.73 Å². The van der Waals surface area contributed by atoms with Crippen molar-refractivity contribution in [2.75, 3.05) is 19.6 Å². The minimum atomic E-state index is 0.0902. The van der Waals surface area contributed by atoms with E-state index in [-0.39, 0.29) is 5.91 Å². The van der Waals surface area contributed by atoms with E-state index in [9.17, 15) is 4.79 Å². The van der Waals surface area contributed by atoms with Crippen molar-refractivity contribution < 1.29 is 4.79 Å². The fraction of sp³-hybridized carbons (Fsp3) is 0.400. The zero-order valence-corrected chi connectivity index (χ0v) is 10.8. The average Bonchev–Trinajstić information content (AvgIpc) is 2.85. The first-order chi connectivity index (χ1) is 8.69. The lowest BCUT2D eigenvalue weighted by atomic mass is 10.1. The Morgan fingerprint density at radius 3 is 3.06 bits per heavy atom. The molecule has 3 heteroatoms. The SMILES string of the molecule is Cc1cccc(C=CC(=O)N2CCC(CN)C2)c1. The number of benzene rings is 1. The van der Waals surface area contributed by atoms with Crippen LogP contribution in [-0.4, -0.2) is 30.4 Å². The van der Waals surface area contributed by atoms with Gasteiger partial charge in [-0.15, -0.1) is 0 Å². The molecule has 1 fully saturated rings. The van der Waals surface area contributed by atoms with Crippen molar-refractivity contribution in [2.45, 2.75) is 13.3 Å². The molecule has 1 atom stereocenters. The second kappa shape index (κ2) is 5.83. The zero-order chi connectivity index (χ0) is 13.0. The number of nitrogens with two attached hydrogens (primary N) is 1. The first-order valence-corrected chi connectivity index (χ1v) is 6.43. The van der Waals surface area contributed by atoms with Gasteiger partial charge in [-0.1, -0.05) is 29.8 Å². The maximum atomic E-state index is 12.0. The predicted octanol–water partition coefficient (Wildman–Crippen LogP) is 1.82. The lowest BCUT2D eigenvalue weighted by Crippen LogP contribution is -2.28. The molecule has 1 aliphatic heterocycles. The molecule has 0 radical (unpaired) electrons. The Morgan fingerprint density at radius 1 is 1.56 bits per heavy atom. The summed E-state index contributed by atoms with van der Waals surface area (Å²) >= 11 is 0. The van der Waals surface area contributed by atoms with E-state index in [1.54, 1.807) is 6.08 Å². The Hall–Kier alpha value is -1.61. The van der Waals surface area contributed by atoms with Crippen LogP contribution in [0.3, 0.4) is 0 Å². The lowest BCUT2D eigenvalue weighted by molar-refractivity contribution is -0.125. The van der Waals surface area contributed by atoms with E-state index >= 15 is 0 Å². The zero-order valence-electron chi connectivity index (χ0n) is 10.8. The van der Waals surface area contributed by atoms with E-state index in [0.29, 0.717) is 12.5 Å². The minimum absolute atomic E-state index is 0.0902. The number of rotatable bonds is 3. The maximum absolute atomic E-state index is 12.0. The van der Waals surface area contributed by atoms with Gasteiger partial charge in [-0.2, -0.15) is 0 Å². The molecule has 0 bridgehead atoms. The predicted molar refractivity (Wildman–Crippen MR) is 74.0 cm³/mol. The summed E-state index contributed by atoms with van der Waals surface area (Å²) < 4.78 is 0.